The van der Waals surface area contributed by atoms with Crippen molar-refractivity contribution in [3.63, 3.8) is 0 Å². The average molecular weight is 298 g/mol. The Hall–Kier alpha value is -2.11. The number of allylic oxidation sites excluding steroid dienone is 1. The number of ether oxygens (including phenoxy) is 1. The van der Waals surface area contributed by atoms with E-state index < -0.39 is 0 Å². The summed E-state index contributed by atoms with van der Waals surface area (Å²) in [5.74, 6) is 0.892. The number of pyridine rings is 1. The van der Waals surface area contributed by atoms with Crippen LogP contribution in [0.15, 0.2) is 36.0 Å². The SMILES string of the molecule is CC1=C(c2ccc3cc(OCCN(C)C)ccc3n2)CNN1. The summed E-state index contributed by atoms with van der Waals surface area (Å²) in [7, 11) is 4.08. The van der Waals surface area contributed by atoms with Crippen LogP contribution in [0.1, 0.15) is 12.6 Å². The Kier molecular flexibility index (Phi) is 4.27. The van der Waals surface area contributed by atoms with E-state index in [9.17, 15) is 0 Å². The molecule has 0 saturated heterocycles. The van der Waals surface area contributed by atoms with E-state index in [1.165, 1.54) is 5.57 Å². The van der Waals surface area contributed by atoms with Gasteiger partial charge < -0.3 is 15.1 Å². The first-order chi connectivity index (χ1) is 10.6. The first-order valence-corrected chi connectivity index (χ1v) is 7.51. The molecule has 5 heteroatoms. The van der Waals surface area contributed by atoms with Crippen molar-refractivity contribution >= 4 is 16.5 Å². The third-order valence-electron chi connectivity index (χ3n) is 3.77. The summed E-state index contributed by atoms with van der Waals surface area (Å²) in [5, 5.41) is 1.10. The summed E-state index contributed by atoms with van der Waals surface area (Å²) < 4.78 is 5.77. The number of hydrogen-bond donors (Lipinski definition) is 2. The van der Waals surface area contributed by atoms with Crippen LogP contribution < -0.4 is 15.6 Å². The fourth-order valence-corrected chi connectivity index (χ4v) is 2.46. The zero-order valence-corrected chi connectivity index (χ0v) is 13.3. The zero-order valence-electron chi connectivity index (χ0n) is 13.3. The molecule has 1 aliphatic rings. The average Bonchev–Trinajstić information content (AvgIpc) is 2.92. The Bertz CT molecular complexity index is 709. The van der Waals surface area contributed by atoms with Gasteiger partial charge in [0.1, 0.15) is 12.4 Å². The summed E-state index contributed by atoms with van der Waals surface area (Å²) in [6.45, 7) is 4.45. The molecule has 0 spiro atoms. The predicted octanol–water partition coefficient (Wildman–Crippen LogP) is 2.01. The van der Waals surface area contributed by atoms with Crippen molar-refractivity contribution in [2.75, 3.05) is 33.8 Å². The van der Waals surface area contributed by atoms with E-state index in [1.54, 1.807) is 0 Å². The van der Waals surface area contributed by atoms with E-state index in [4.69, 9.17) is 9.72 Å². The lowest BCUT2D eigenvalue weighted by Gasteiger charge is -2.11. The molecule has 2 N–H and O–H groups in total. The molecule has 0 saturated carbocycles. The van der Waals surface area contributed by atoms with E-state index in [0.717, 1.165) is 41.1 Å². The van der Waals surface area contributed by atoms with Crippen LogP contribution in [-0.4, -0.2) is 43.7 Å². The van der Waals surface area contributed by atoms with Crippen LogP contribution in [-0.2, 0) is 0 Å². The second-order valence-corrected chi connectivity index (χ2v) is 5.78. The highest BCUT2D eigenvalue weighted by atomic mass is 16.5. The fourth-order valence-electron chi connectivity index (χ4n) is 2.46. The van der Waals surface area contributed by atoms with Crippen molar-refractivity contribution in [1.29, 1.82) is 0 Å². The summed E-state index contributed by atoms with van der Waals surface area (Å²) in [5.41, 5.74) is 10.6. The second kappa shape index (κ2) is 6.34. The van der Waals surface area contributed by atoms with Crippen molar-refractivity contribution in [2.24, 2.45) is 0 Å². The van der Waals surface area contributed by atoms with Gasteiger partial charge in [0.2, 0.25) is 0 Å². The Labute approximate surface area is 131 Å². The maximum atomic E-state index is 5.77. The molecule has 1 aromatic carbocycles. The maximum Gasteiger partial charge on any atom is 0.120 e. The van der Waals surface area contributed by atoms with Gasteiger partial charge in [0, 0.05) is 29.7 Å². The lowest BCUT2D eigenvalue weighted by Crippen LogP contribution is -2.22. The van der Waals surface area contributed by atoms with Crippen LogP contribution in [0.3, 0.4) is 0 Å². The summed E-state index contributed by atoms with van der Waals surface area (Å²) >= 11 is 0. The number of benzene rings is 1. The topological polar surface area (TPSA) is 49.4 Å². The van der Waals surface area contributed by atoms with Gasteiger partial charge in [-0.05, 0) is 45.3 Å². The standard InChI is InChI=1S/C17H22N4O/c1-12-15(11-18-20-12)17-6-4-13-10-14(5-7-16(13)19-17)22-9-8-21(2)3/h4-7,10,18,20H,8-9,11H2,1-3H3. The minimum atomic E-state index is 0.688. The Balaban J connectivity index is 1.81. The van der Waals surface area contributed by atoms with Crippen molar-refractivity contribution < 1.29 is 4.74 Å². The number of fused-ring (bicyclic) bond motifs is 1. The van der Waals surface area contributed by atoms with Crippen molar-refractivity contribution in [3.05, 3.63) is 41.7 Å². The van der Waals surface area contributed by atoms with Gasteiger partial charge in [-0.25, -0.2) is 10.4 Å². The molecule has 2 heterocycles. The molecule has 0 bridgehead atoms. The molecule has 3 rings (SSSR count). The molecule has 22 heavy (non-hydrogen) atoms. The van der Waals surface area contributed by atoms with Gasteiger partial charge in [0.25, 0.3) is 0 Å². The highest BCUT2D eigenvalue weighted by Crippen LogP contribution is 2.24. The predicted molar refractivity (Wildman–Crippen MR) is 89.5 cm³/mol. The van der Waals surface area contributed by atoms with Gasteiger partial charge in [-0.15, -0.1) is 0 Å². The van der Waals surface area contributed by atoms with Crippen LogP contribution in [0.25, 0.3) is 16.5 Å². The minimum Gasteiger partial charge on any atom is -0.492 e. The largest absolute Gasteiger partial charge is 0.492 e. The van der Waals surface area contributed by atoms with E-state index in [2.05, 4.69) is 34.8 Å². The van der Waals surface area contributed by atoms with Crippen molar-refractivity contribution in [3.8, 4) is 5.75 Å². The number of aromatic nitrogens is 1. The van der Waals surface area contributed by atoms with Gasteiger partial charge in [-0.3, -0.25) is 0 Å². The Morgan fingerprint density at radius 3 is 2.82 bits per heavy atom. The quantitative estimate of drug-likeness (QED) is 0.884. The van der Waals surface area contributed by atoms with Crippen LogP contribution in [0, 0.1) is 0 Å². The van der Waals surface area contributed by atoms with Gasteiger partial charge in [0.15, 0.2) is 0 Å². The molecule has 2 aromatic rings. The van der Waals surface area contributed by atoms with Gasteiger partial charge in [-0.2, -0.15) is 0 Å². The van der Waals surface area contributed by atoms with E-state index >= 15 is 0 Å². The van der Waals surface area contributed by atoms with E-state index in [1.807, 2.05) is 32.3 Å². The monoisotopic (exact) mass is 298 g/mol. The highest BCUT2D eigenvalue weighted by molar-refractivity contribution is 5.83. The Morgan fingerprint density at radius 2 is 2.09 bits per heavy atom. The van der Waals surface area contributed by atoms with E-state index in [-0.39, 0.29) is 0 Å². The summed E-state index contributed by atoms with van der Waals surface area (Å²) in [4.78, 5) is 6.86. The Morgan fingerprint density at radius 1 is 1.23 bits per heavy atom. The van der Waals surface area contributed by atoms with Crippen LogP contribution >= 0.6 is 0 Å². The molecule has 0 atom stereocenters. The van der Waals surface area contributed by atoms with Crippen molar-refractivity contribution in [2.45, 2.75) is 6.92 Å². The molecule has 0 fully saturated rings. The zero-order chi connectivity index (χ0) is 15.5. The van der Waals surface area contributed by atoms with E-state index in [0.29, 0.717) is 6.61 Å². The molecular weight excluding hydrogens is 276 g/mol. The number of nitrogens with zero attached hydrogens (tertiary/aromatic N) is 2. The highest BCUT2D eigenvalue weighted by Gasteiger charge is 2.13. The first-order valence-electron chi connectivity index (χ1n) is 7.51. The molecule has 116 valence electrons. The van der Waals surface area contributed by atoms with Gasteiger partial charge in [0.05, 0.1) is 11.2 Å². The van der Waals surface area contributed by atoms with Crippen LogP contribution in [0.5, 0.6) is 5.75 Å². The lowest BCUT2D eigenvalue weighted by molar-refractivity contribution is 0.261. The molecular formula is C17H22N4O. The third kappa shape index (κ3) is 3.21. The molecule has 0 amide bonds. The molecule has 1 aromatic heterocycles. The van der Waals surface area contributed by atoms with Crippen molar-refractivity contribution in [1.82, 2.24) is 20.7 Å². The fraction of sp³-hybridized carbons (Fsp3) is 0.353. The maximum absolute atomic E-state index is 5.77. The van der Waals surface area contributed by atoms with Crippen LogP contribution in [0.2, 0.25) is 0 Å². The molecule has 0 unspecified atom stereocenters. The molecule has 1 aliphatic heterocycles. The first kappa shape index (κ1) is 14.8. The number of likely N-dealkylation sites (N-methyl/N-ethyl adjacent to an activating group) is 1. The molecule has 0 aliphatic carbocycles. The summed E-state index contributed by atoms with van der Waals surface area (Å²) in [6, 6.07) is 10.2. The molecule has 0 radical (unpaired) electrons. The number of nitrogens with one attached hydrogen (secondary N) is 2. The van der Waals surface area contributed by atoms with Gasteiger partial charge in [-0.1, -0.05) is 6.07 Å². The number of rotatable bonds is 5. The van der Waals surface area contributed by atoms with Crippen LogP contribution in [0.4, 0.5) is 0 Å². The molecule has 5 nitrogen and oxygen atoms in total. The normalized spacial score (nSPS) is 14.7. The minimum absolute atomic E-state index is 0.688. The lowest BCUT2D eigenvalue weighted by atomic mass is 10.1. The number of hydrazine groups is 1. The van der Waals surface area contributed by atoms with Gasteiger partial charge >= 0.3 is 0 Å². The third-order valence-corrected chi connectivity index (χ3v) is 3.77. The summed E-state index contributed by atoms with van der Waals surface area (Å²) in [6.07, 6.45) is 0. The second-order valence-electron chi connectivity index (χ2n) is 5.78. The number of hydrogen-bond acceptors (Lipinski definition) is 5. The smallest absolute Gasteiger partial charge is 0.120 e.